The lowest BCUT2D eigenvalue weighted by Crippen LogP contribution is -2.19. The second-order valence-corrected chi connectivity index (χ2v) is 4.63. The number of alkyl halides is 3. The van der Waals surface area contributed by atoms with Gasteiger partial charge in [-0.25, -0.2) is 4.79 Å². The summed E-state index contributed by atoms with van der Waals surface area (Å²) >= 11 is 0. The second kappa shape index (κ2) is 6.72. The van der Waals surface area contributed by atoms with Gasteiger partial charge < -0.3 is 9.47 Å². The molecule has 1 aromatic heterocycles. The van der Waals surface area contributed by atoms with Gasteiger partial charge in [-0.3, -0.25) is 4.68 Å². The number of carbonyl (C=O) groups excluding carboxylic acids is 1. The third-order valence-corrected chi connectivity index (χ3v) is 3.09. The minimum Gasteiger partial charge on any atom is -0.497 e. The highest BCUT2D eigenvalue weighted by molar-refractivity contribution is 5.90. The standard InChI is InChI=1S/C15H15F3N2O3/c1-3-23-14(21)12-8-19-20(13(12)15(16,17)18)9-10-4-6-11(22-2)7-5-10/h4-8H,3,9H2,1-2H3. The van der Waals surface area contributed by atoms with Crippen LogP contribution < -0.4 is 4.74 Å². The normalized spacial score (nSPS) is 11.3. The molecule has 0 radical (unpaired) electrons. The molecule has 1 aromatic carbocycles. The van der Waals surface area contributed by atoms with Crippen LogP contribution in [0.25, 0.3) is 0 Å². The highest BCUT2D eigenvalue weighted by Gasteiger charge is 2.40. The summed E-state index contributed by atoms with van der Waals surface area (Å²) in [6.45, 7) is 1.38. The van der Waals surface area contributed by atoms with E-state index in [-0.39, 0.29) is 13.2 Å². The molecule has 0 aliphatic carbocycles. The molecule has 0 aliphatic heterocycles. The van der Waals surface area contributed by atoms with E-state index < -0.39 is 23.4 Å². The minimum absolute atomic E-state index is 0.0141. The number of ether oxygens (including phenoxy) is 2. The van der Waals surface area contributed by atoms with Crippen molar-refractivity contribution in [2.24, 2.45) is 0 Å². The van der Waals surface area contributed by atoms with Crippen LogP contribution in [0.4, 0.5) is 13.2 Å². The lowest BCUT2D eigenvalue weighted by molar-refractivity contribution is -0.144. The van der Waals surface area contributed by atoms with Crippen LogP contribution in [0.5, 0.6) is 5.75 Å². The van der Waals surface area contributed by atoms with E-state index >= 15 is 0 Å². The molecule has 124 valence electrons. The molecule has 5 nitrogen and oxygen atoms in total. The van der Waals surface area contributed by atoms with Gasteiger partial charge in [0.2, 0.25) is 0 Å². The summed E-state index contributed by atoms with van der Waals surface area (Å²) in [5, 5.41) is 3.69. The van der Waals surface area contributed by atoms with Gasteiger partial charge in [-0.05, 0) is 24.6 Å². The third kappa shape index (κ3) is 3.82. The van der Waals surface area contributed by atoms with Crippen molar-refractivity contribution in [3.05, 3.63) is 47.3 Å². The number of methoxy groups -OCH3 is 1. The molecule has 0 amide bonds. The summed E-state index contributed by atoms with van der Waals surface area (Å²) in [4.78, 5) is 11.7. The highest BCUT2D eigenvalue weighted by atomic mass is 19.4. The Bertz CT molecular complexity index is 678. The third-order valence-electron chi connectivity index (χ3n) is 3.09. The number of carbonyl (C=O) groups is 1. The SMILES string of the molecule is CCOC(=O)c1cnn(Cc2ccc(OC)cc2)c1C(F)(F)F. The number of hydrogen-bond donors (Lipinski definition) is 0. The first-order valence-electron chi connectivity index (χ1n) is 6.79. The zero-order chi connectivity index (χ0) is 17.0. The van der Waals surface area contributed by atoms with Crippen molar-refractivity contribution in [2.75, 3.05) is 13.7 Å². The summed E-state index contributed by atoms with van der Waals surface area (Å²) in [7, 11) is 1.50. The molecule has 0 spiro atoms. The Morgan fingerprint density at radius 3 is 2.43 bits per heavy atom. The van der Waals surface area contributed by atoms with Gasteiger partial charge in [-0.2, -0.15) is 18.3 Å². The van der Waals surface area contributed by atoms with E-state index in [0.29, 0.717) is 11.3 Å². The topological polar surface area (TPSA) is 53.3 Å². The number of benzene rings is 1. The van der Waals surface area contributed by atoms with E-state index in [1.54, 1.807) is 24.3 Å². The van der Waals surface area contributed by atoms with E-state index in [1.165, 1.54) is 14.0 Å². The largest absolute Gasteiger partial charge is 0.497 e. The van der Waals surface area contributed by atoms with Gasteiger partial charge in [0.05, 0.1) is 26.5 Å². The Hall–Kier alpha value is -2.51. The molecule has 2 aromatic rings. The molecule has 0 fully saturated rings. The second-order valence-electron chi connectivity index (χ2n) is 4.63. The number of esters is 1. The fourth-order valence-electron chi connectivity index (χ4n) is 2.07. The van der Waals surface area contributed by atoms with Crippen LogP contribution in [0.2, 0.25) is 0 Å². The number of rotatable bonds is 5. The van der Waals surface area contributed by atoms with Crippen LogP contribution in [0.15, 0.2) is 30.5 Å². The first-order chi connectivity index (χ1) is 10.9. The van der Waals surface area contributed by atoms with Gasteiger partial charge in [0.1, 0.15) is 11.3 Å². The van der Waals surface area contributed by atoms with E-state index in [1.807, 2.05) is 0 Å². The zero-order valence-corrected chi connectivity index (χ0v) is 12.6. The maximum atomic E-state index is 13.3. The number of aromatic nitrogens is 2. The Labute approximate surface area is 130 Å². The fraction of sp³-hybridized carbons (Fsp3) is 0.333. The van der Waals surface area contributed by atoms with E-state index in [2.05, 4.69) is 9.84 Å². The average Bonchev–Trinajstić information content (AvgIpc) is 2.92. The maximum absolute atomic E-state index is 13.3. The van der Waals surface area contributed by atoms with Crippen molar-refractivity contribution in [2.45, 2.75) is 19.6 Å². The van der Waals surface area contributed by atoms with Crippen LogP contribution in [-0.4, -0.2) is 29.5 Å². The number of halogens is 3. The predicted molar refractivity (Wildman–Crippen MR) is 75.3 cm³/mol. The molecular formula is C15H15F3N2O3. The Morgan fingerprint density at radius 2 is 1.91 bits per heavy atom. The predicted octanol–water partition coefficient (Wildman–Crippen LogP) is 3.14. The summed E-state index contributed by atoms with van der Waals surface area (Å²) in [6.07, 6.45) is -3.84. The van der Waals surface area contributed by atoms with Crippen molar-refractivity contribution >= 4 is 5.97 Å². The smallest absolute Gasteiger partial charge is 0.433 e. The van der Waals surface area contributed by atoms with Crippen molar-refractivity contribution in [1.82, 2.24) is 9.78 Å². The number of hydrogen-bond acceptors (Lipinski definition) is 4. The molecule has 23 heavy (non-hydrogen) atoms. The highest BCUT2D eigenvalue weighted by Crippen LogP contribution is 2.32. The van der Waals surface area contributed by atoms with Gasteiger partial charge in [0.25, 0.3) is 0 Å². The summed E-state index contributed by atoms with van der Waals surface area (Å²) < 4.78 is 50.2. The van der Waals surface area contributed by atoms with Crippen LogP contribution >= 0.6 is 0 Å². The summed E-state index contributed by atoms with van der Waals surface area (Å²) in [6, 6.07) is 6.53. The van der Waals surface area contributed by atoms with Crippen LogP contribution in [0.1, 0.15) is 28.5 Å². The Kier molecular flexibility index (Phi) is 4.92. The van der Waals surface area contributed by atoms with Crippen molar-refractivity contribution in [3.8, 4) is 5.75 Å². The monoisotopic (exact) mass is 328 g/mol. The van der Waals surface area contributed by atoms with E-state index in [0.717, 1.165) is 10.9 Å². The van der Waals surface area contributed by atoms with Crippen molar-refractivity contribution in [1.29, 1.82) is 0 Å². The fourth-order valence-corrected chi connectivity index (χ4v) is 2.07. The molecule has 0 atom stereocenters. The summed E-state index contributed by atoms with van der Waals surface area (Å²) in [5.41, 5.74) is -1.12. The first-order valence-corrected chi connectivity index (χ1v) is 6.79. The molecule has 0 saturated carbocycles. The van der Waals surface area contributed by atoms with Gasteiger partial charge in [0, 0.05) is 0 Å². The molecule has 2 rings (SSSR count). The zero-order valence-electron chi connectivity index (χ0n) is 12.6. The van der Waals surface area contributed by atoms with Gasteiger partial charge in [-0.15, -0.1) is 0 Å². The van der Waals surface area contributed by atoms with Crippen LogP contribution in [0, 0.1) is 0 Å². The Balaban J connectivity index is 2.36. The molecular weight excluding hydrogens is 313 g/mol. The molecule has 0 bridgehead atoms. The molecule has 0 N–H and O–H groups in total. The van der Waals surface area contributed by atoms with E-state index in [9.17, 15) is 18.0 Å². The molecule has 1 heterocycles. The number of nitrogens with zero attached hydrogens (tertiary/aromatic N) is 2. The average molecular weight is 328 g/mol. The first kappa shape index (κ1) is 16.9. The minimum atomic E-state index is -4.72. The van der Waals surface area contributed by atoms with Crippen LogP contribution in [0.3, 0.4) is 0 Å². The lowest BCUT2D eigenvalue weighted by Gasteiger charge is -2.12. The molecule has 0 aliphatic rings. The Morgan fingerprint density at radius 1 is 1.26 bits per heavy atom. The lowest BCUT2D eigenvalue weighted by atomic mass is 10.2. The van der Waals surface area contributed by atoms with Gasteiger partial charge >= 0.3 is 12.1 Å². The van der Waals surface area contributed by atoms with Gasteiger partial charge in [0.15, 0.2) is 5.69 Å². The molecule has 0 saturated heterocycles. The van der Waals surface area contributed by atoms with E-state index in [4.69, 9.17) is 4.74 Å². The summed E-state index contributed by atoms with van der Waals surface area (Å²) in [5.74, 6) is -0.446. The quantitative estimate of drug-likeness (QED) is 0.791. The maximum Gasteiger partial charge on any atom is 0.433 e. The van der Waals surface area contributed by atoms with Crippen molar-refractivity contribution < 1.29 is 27.4 Å². The molecule has 0 unspecified atom stereocenters. The van der Waals surface area contributed by atoms with Crippen LogP contribution in [-0.2, 0) is 17.5 Å². The van der Waals surface area contributed by atoms with Crippen molar-refractivity contribution in [3.63, 3.8) is 0 Å². The molecule has 8 heteroatoms. The van der Waals surface area contributed by atoms with Gasteiger partial charge in [-0.1, -0.05) is 12.1 Å².